The summed E-state index contributed by atoms with van der Waals surface area (Å²) in [5.74, 6) is 0.108. The first-order chi connectivity index (χ1) is 44.2. The van der Waals surface area contributed by atoms with Crippen molar-refractivity contribution in [1.29, 1.82) is 0 Å². The van der Waals surface area contributed by atoms with Gasteiger partial charge in [0.25, 0.3) is 0 Å². The molecule has 0 spiro atoms. The minimum Gasteiger partial charge on any atom is -0.307 e. The lowest BCUT2D eigenvalue weighted by atomic mass is 10.0. The molecule has 5 heteroatoms. The number of benzene rings is 10. The largest absolute Gasteiger partial charge is 0.307 e. The molecule has 0 aliphatic rings. The van der Waals surface area contributed by atoms with E-state index < -0.39 is 227 Å². The quantitative estimate of drug-likeness (QED) is 0.160. The second kappa shape index (κ2) is 15.7. The van der Waals surface area contributed by atoms with E-state index in [1.165, 1.54) is 12.1 Å². The van der Waals surface area contributed by atoms with Crippen molar-refractivity contribution in [3.63, 3.8) is 0 Å². The normalized spacial score (nSPS) is 16.6. The van der Waals surface area contributed by atoms with E-state index in [0.717, 1.165) is 24.8 Å². The smallest absolute Gasteiger partial charge is 0.160 e. The van der Waals surface area contributed by atoms with Gasteiger partial charge in [0, 0.05) is 49.0 Å². The zero-order valence-corrected chi connectivity index (χ0v) is 35.6. The molecule has 10 aromatic carbocycles. The standard InChI is InChI=1S/C64H41N5/c1-3-19-42(20-4-1)43-35-37-44(38-36-43)53-41-54(66-64(65-53)45-21-5-2-6-22-45)46-39-61(67-55-29-13-7-23-47(55)48-24-8-14-30-56(48)67)63(69-59-33-17-11-27-51(59)52-28-12-18-34-60(52)69)62(40-46)68-57-31-15-9-25-49(57)50-26-10-16-32-58(50)68/h1-41H/i7D,8D,9D,10D,11D,12D,13D,14D,15D,16D,17D,18D,23D,24D,25D,26D,27D,28D,29D,30D,31D,32D,33D,34D. The van der Waals surface area contributed by atoms with Gasteiger partial charge >= 0.3 is 0 Å². The number of para-hydroxylation sites is 6. The summed E-state index contributed by atoms with van der Waals surface area (Å²) in [6, 6.07) is 9.93. The molecule has 0 saturated heterocycles. The third kappa shape index (κ3) is 6.18. The molecule has 69 heavy (non-hydrogen) atoms. The van der Waals surface area contributed by atoms with Gasteiger partial charge in [-0.15, -0.1) is 0 Å². The number of fused-ring (bicyclic) bond motifs is 9. The number of nitrogens with zero attached hydrogens (tertiary/aromatic N) is 5. The lowest BCUT2D eigenvalue weighted by molar-refractivity contribution is 1.05. The fourth-order valence-electron chi connectivity index (χ4n) is 9.21. The highest BCUT2D eigenvalue weighted by atomic mass is 15.1. The van der Waals surface area contributed by atoms with Crippen LogP contribution in [0.25, 0.3) is 128 Å². The van der Waals surface area contributed by atoms with Crippen molar-refractivity contribution in [1.82, 2.24) is 23.7 Å². The Labute approximate surface area is 431 Å². The number of hydrogen-bond acceptors (Lipinski definition) is 2. The van der Waals surface area contributed by atoms with Crippen LogP contribution in [0.3, 0.4) is 0 Å². The van der Waals surface area contributed by atoms with E-state index in [0.29, 0.717) is 16.8 Å². The number of rotatable bonds is 7. The van der Waals surface area contributed by atoms with Gasteiger partial charge < -0.3 is 13.7 Å². The van der Waals surface area contributed by atoms with Crippen LogP contribution in [0.1, 0.15) is 32.9 Å². The van der Waals surface area contributed by atoms with Gasteiger partial charge in [0.05, 0.1) is 94.4 Å². The first kappa shape index (κ1) is 22.0. The SMILES string of the molecule is [2H]c1c([2H])c([2H])c2c(c1[2H])c1c([2H])c([2H])c([2H])c([2H])c1n2-c1cc(-c2cc(-c3ccc(-c4ccccc4)cc3)nc(-c3ccccc3)n2)cc(-n2c3c([2H])c([2H])c([2H])c([2H])c3c3c([2H])c([2H])c([2H])c([2H])c32)c1-n1c2c([2H])c([2H])c([2H])c([2H])c2c2c([2H])c([2H])c([2H])c([2H])c21. The molecular formula is C64H41N5. The average molecular weight is 904 g/mol. The van der Waals surface area contributed by atoms with Crippen molar-refractivity contribution in [2.24, 2.45) is 0 Å². The fraction of sp³-hybridized carbons (Fsp3) is 0. The molecule has 4 aromatic heterocycles. The van der Waals surface area contributed by atoms with Gasteiger partial charge in [-0.1, -0.05) is 194 Å². The second-order valence-electron chi connectivity index (χ2n) is 16.0. The molecule has 0 N–H and O–H groups in total. The van der Waals surface area contributed by atoms with Crippen molar-refractivity contribution >= 4 is 65.4 Å². The minimum absolute atomic E-state index is 0.000223. The summed E-state index contributed by atoms with van der Waals surface area (Å²) in [6.07, 6.45) is 0. The molecule has 322 valence electrons. The molecule has 0 fully saturated rings. The van der Waals surface area contributed by atoms with Crippen LogP contribution in [0.4, 0.5) is 0 Å². The highest BCUT2D eigenvalue weighted by Crippen LogP contribution is 2.45. The highest BCUT2D eigenvalue weighted by Gasteiger charge is 2.26. The van der Waals surface area contributed by atoms with Gasteiger partial charge in [-0.2, -0.15) is 0 Å². The van der Waals surface area contributed by atoms with Crippen LogP contribution in [0.2, 0.25) is 0 Å². The molecule has 0 amide bonds. The van der Waals surface area contributed by atoms with E-state index in [1.54, 1.807) is 36.4 Å². The predicted molar refractivity (Wildman–Crippen MR) is 287 cm³/mol. The maximum Gasteiger partial charge on any atom is 0.160 e. The van der Waals surface area contributed by atoms with Crippen LogP contribution in [0.15, 0.2) is 248 Å². The molecule has 0 radical (unpaired) electrons. The Morgan fingerprint density at radius 2 is 0.609 bits per heavy atom. The van der Waals surface area contributed by atoms with Crippen molar-refractivity contribution < 1.29 is 32.9 Å². The summed E-state index contributed by atoms with van der Waals surface area (Å²) >= 11 is 0. The van der Waals surface area contributed by atoms with Gasteiger partial charge in [0.15, 0.2) is 5.82 Å². The van der Waals surface area contributed by atoms with E-state index in [9.17, 15) is 24.7 Å². The molecule has 0 saturated carbocycles. The zero-order chi connectivity index (χ0) is 66.3. The molecule has 14 rings (SSSR count). The number of hydrogen-bond donors (Lipinski definition) is 0. The first-order valence-corrected chi connectivity index (χ1v) is 21.5. The minimum atomic E-state index is -0.898. The van der Waals surface area contributed by atoms with Crippen LogP contribution in [0, 0.1) is 0 Å². The number of aromatic nitrogens is 5. The van der Waals surface area contributed by atoms with Crippen molar-refractivity contribution in [2.45, 2.75) is 0 Å². The van der Waals surface area contributed by atoms with Crippen molar-refractivity contribution in [2.75, 3.05) is 0 Å². The zero-order valence-electron chi connectivity index (χ0n) is 59.6. The molecular weight excluding hydrogens is 839 g/mol. The predicted octanol–water partition coefficient (Wildman–Crippen LogP) is 16.4. The van der Waals surface area contributed by atoms with E-state index >= 15 is 0 Å². The summed E-state index contributed by atoms with van der Waals surface area (Å²) < 4.78 is 229. The van der Waals surface area contributed by atoms with Gasteiger partial charge in [0.1, 0.15) is 0 Å². The van der Waals surface area contributed by atoms with Crippen molar-refractivity contribution in [3.05, 3.63) is 248 Å². The maximum absolute atomic E-state index is 9.86. The molecule has 0 bridgehead atoms. The van der Waals surface area contributed by atoms with Gasteiger partial charge in [-0.25, -0.2) is 9.97 Å². The Bertz CT molecular complexity index is 5310. The summed E-state index contributed by atoms with van der Waals surface area (Å²) in [5.41, 5.74) is -1.82. The Kier molecular flexibility index (Phi) is 4.99. The molecule has 4 heterocycles. The first-order valence-electron chi connectivity index (χ1n) is 33.5. The van der Waals surface area contributed by atoms with Crippen LogP contribution < -0.4 is 0 Å². The Hall–Kier alpha value is -9.32. The van der Waals surface area contributed by atoms with Crippen molar-refractivity contribution in [3.8, 4) is 62.1 Å². The van der Waals surface area contributed by atoms with E-state index in [2.05, 4.69) is 0 Å². The van der Waals surface area contributed by atoms with E-state index in [4.69, 9.17) is 18.2 Å². The van der Waals surface area contributed by atoms with Crippen LogP contribution in [-0.4, -0.2) is 23.7 Å². The Morgan fingerprint density at radius 3 is 1.01 bits per heavy atom. The molecule has 0 unspecified atom stereocenters. The fourth-order valence-corrected chi connectivity index (χ4v) is 9.21. The van der Waals surface area contributed by atoms with Crippen LogP contribution in [0.5, 0.6) is 0 Å². The summed E-state index contributed by atoms with van der Waals surface area (Å²) in [5, 5.41) is -2.81. The topological polar surface area (TPSA) is 40.6 Å². The molecule has 0 aliphatic heterocycles. The molecule has 5 nitrogen and oxygen atoms in total. The summed E-state index contributed by atoms with van der Waals surface area (Å²) in [6.45, 7) is 0. The monoisotopic (exact) mass is 903 g/mol. The maximum atomic E-state index is 9.86. The van der Waals surface area contributed by atoms with Gasteiger partial charge in [-0.05, 0) is 65.6 Å². The Morgan fingerprint density at radius 1 is 0.290 bits per heavy atom. The van der Waals surface area contributed by atoms with Gasteiger partial charge in [-0.3, -0.25) is 0 Å². The molecule has 14 aromatic rings. The lowest BCUT2D eigenvalue weighted by Crippen LogP contribution is -2.10. The highest BCUT2D eigenvalue weighted by molar-refractivity contribution is 6.14. The Balaban J connectivity index is 1.33. The molecule has 0 atom stereocenters. The van der Waals surface area contributed by atoms with E-state index in [1.807, 2.05) is 54.6 Å². The summed E-state index contributed by atoms with van der Waals surface area (Å²) in [4.78, 5) is 10.2. The van der Waals surface area contributed by atoms with Crippen LogP contribution >= 0.6 is 0 Å². The summed E-state index contributed by atoms with van der Waals surface area (Å²) in [7, 11) is 0. The van der Waals surface area contributed by atoms with E-state index in [-0.39, 0.29) is 17.1 Å². The third-order valence-electron chi connectivity index (χ3n) is 12.2. The second-order valence-corrected chi connectivity index (χ2v) is 16.0. The third-order valence-corrected chi connectivity index (χ3v) is 12.2. The average Bonchev–Trinajstić information content (AvgIpc) is 1.54. The van der Waals surface area contributed by atoms with Crippen LogP contribution in [-0.2, 0) is 0 Å². The molecule has 0 aliphatic carbocycles. The lowest BCUT2D eigenvalue weighted by Gasteiger charge is -2.23. The van der Waals surface area contributed by atoms with Gasteiger partial charge in [0.2, 0.25) is 0 Å².